The number of hydrogen-bond donors (Lipinski definition) is 4. The Morgan fingerprint density at radius 3 is 2.65 bits per heavy atom. The number of aromatic nitrogens is 2. The summed E-state index contributed by atoms with van der Waals surface area (Å²) in [6, 6.07) is 13.3. The number of carbonyl (C=O) groups is 1. The predicted molar refractivity (Wildman–Crippen MR) is 145 cm³/mol. The van der Waals surface area contributed by atoms with Gasteiger partial charge in [-0.3, -0.25) is 9.35 Å². The highest BCUT2D eigenvalue weighted by Crippen LogP contribution is 2.35. The monoisotopic (exact) mass is 544 g/mol. The largest absolute Gasteiger partial charge is 0.495 e. The molecular formula is C25H29ClN6O4S. The topological polar surface area (TPSA) is 129 Å². The minimum Gasteiger partial charge on any atom is -0.495 e. The SMILES string of the molecule is COc1cc(C2CCN(C(C)=O)CC2)ccc1Nc1ncc(Cl)c(Nc2ccccc2CNS(=O)O)n1. The molecule has 4 rings (SSSR count). The minimum atomic E-state index is -2.13. The standard InChI is InChI=1S/C25H29ClN6O4S/c1-16(33)32-11-9-17(10-12-32)18-7-8-22(23(13-18)36-2)30-25-27-15-20(26)24(31-25)29-21-6-4-3-5-19(21)14-28-37(34)35/h3-8,13,15,17,28H,9-12,14H2,1-2H3,(H,34,35)(H2,27,29,30,31). The number of carbonyl (C=O) groups excluding carboxylic acids is 1. The Hall–Kier alpha value is -3.25. The lowest BCUT2D eigenvalue weighted by Gasteiger charge is -2.31. The molecule has 3 aromatic rings. The van der Waals surface area contributed by atoms with Gasteiger partial charge in [0.15, 0.2) is 5.82 Å². The van der Waals surface area contributed by atoms with E-state index >= 15 is 0 Å². The predicted octanol–water partition coefficient (Wildman–Crippen LogP) is 4.58. The molecule has 1 fully saturated rings. The molecule has 2 heterocycles. The summed E-state index contributed by atoms with van der Waals surface area (Å²) < 4.78 is 28.2. The molecule has 1 aromatic heterocycles. The lowest BCUT2D eigenvalue weighted by atomic mass is 9.89. The van der Waals surface area contributed by atoms with Gasteiger partial charge in [0.05, 0.1) is 19.0 Å². The number of halogens is 1. The van der Waals surface area contributed by atoms with Gasteiger partial charge in [-0.05, 0) is 48.1 Å². The van der Waals surface area contributed by atoms with Crippen molar-refractivity contribution in [3.05, 3.63) is 64.8 Å². The number of benzene rings is 2. The normalized spacial score (nSPS) is 14.8. The van der Waals surface area contributed by atoms with Crippen LogP contribution in [0.3, 0.4) is 0 Å². The van der Waals surface area contributed by atoms with Crippen LogP contribution in [0.25, 0.3) is 0 Å². The average Bonchev–Trinajstić information content (AvgIpc) is 2.90. The van der Waals surface area contributed by atoms with Crippen molar-refractivity contribution in [1.29, 1.82) is 0 Å². The summed E-state index contributed by atoms with van der Waals surface area (Å²) in [5.74, 6) is 1.84. The van der Waals surface area contributed by atoms with E-state index in [2.05, 4.69) is 31.4 Å². The van der Waals surface area contributed by atoms with Gasteiger partial charge in [0.2, 0.25) is 23.1 Å². The molecule has 196 valence electrons. The van der Waals surface area contributed by atoms with Crippen LogP contribution >= 0.6 is 11.6 Å². The van der Waals surface area contributed by atoms with Crippen LogP contribution in [0.1, 0.15) is 36.8 Å². The molecule has 0 radical (unpaired) electrons. The fourth-order valence-electron chi connectivity index (χ4n) is 4.29. The molecule has 2 aromatic carbocycles. The molecule has 0 bridgehead atoms. The van der Waals surface area contributed by atoms with Crippen LogP contribution in [-0.2, 0) is 22.6 Å². The van der Waals surface area contributed by atoms with Gasteiger partial charge in [-0.15, -0.1) is 0 Å². The van der Waals surface area contributed by atoms with Gasteiger partial charge < -0.3 is 20.3 Å². The van der Waals surface area contributed by atoms with Crippen LogP contribution in [0.2, 0.25) is 5.02 Å². The fourth-order valence-corrected chi connectivity index (χ4v) is 4.71. The van der Waals surface area contributed by atoms with Crippen LogP contribution < -0.4 is 20.1 Å². The van der Waals surface area contributed by atoms with E-state index < -0.39 is 11.3 Å². The molecule has 0 aliphatic carbocycles. The maximum atomic E-state index is 11.6. The number of hydrogen-bond acceptors (Lipinski definition) is 7. The summed E-state index contributed by atoms with van der Waals surface area (Å²) in [5.41, 5.74) is 3.32. The summed E-state index contributed by atoms with van der Waals surface area (Å²) >= 11 is 4.23. The van der Waals surface area contributed by atoms with E-state index in [4.69, 9.17) is 20.9 Å². The van der Waals surface area contributed by atoms with Crippen LogP contribution in [-0.4, -0.2) is 49.7 Å². The molecule has 4 N–H and O–H groups in total. The Labute approximate surface area is 223 Å². The maximum Gasteiger partial charge on any atom is 0.232 e. The molecule has 0 spiro atoms. The van der Waals surface area contributed by atoms with E-state index in [9.17, 15) is 9.00 Å². The fraction of sp³-hybridized carbons (Fsp3) is 0.320. The quantitative estimate of drug-likeness (QED) is 0.288. The van der Waals surface area contributed by atoms with E-state index in [1.54, 1.807) is 14.0 Å². The Morgan fingerprint density at radius 2 is 1.95 bits per heavy atom. The summed E-state index contributed by atoms with van der Waals surface area (Å²) in [7, 11) is 1.61. The molecule has 12 heteroatoms. The number of methoxy groups -OCH3 is 1. The van der Waals surface area contributed by atoms with Gasteiger partial charge in [-0.25, -0.2) is 13.9 Å². The summed E-state index contributed by atoms with van der Waals surface area (Å²) in [4.78, 5) is 22.3. The second-order valence-electron chi connectivity index (χ2n) is 8.61. The molecule has 1 aliphatic heterocycles. The Morgan fingerprint density at radius 1 is 1.19 bits per heavy atom. The Balaban J connectivity index is 1.50. The smallest absolute Gasteiger partial charge is 0.232 e. The molecule has 1 atom stereocenters. The van der Waals surface area contributed by atoms with Gasteiger partial charge in [-0.1, -0.05) is 35.9 Å². The first-order valence-electron chi connectivity index (χ1n) is 11.8. The number of piperidine rings is 1. The van der Waals surface area contributed by atoms with Crippen molar-refractivity contribution in [2.24, 2.45) is 0 Å². The lowest BCUT2D eigenvalue weighted by Crippen LogP contribution is -2.36. The molecular weight excluding hydrogens is 516 g/mol. The van der Waals surface area contributed by atoms with Gasteiger partial charge in [0.1, 0.15) is 10.8 Å². The first-order valence-corrected chi connectivity index (χ1v) is 13.2. The highest BCUT2D eigenvalue weighted by Gasteiger charge is 2.23. The highest BCUT2D eigenvalue weighted by molar-refractivity contribution is 7.77. The molecule has 10 nitrogen and oxygen atoms in total. The minimum absolute atomic E-state index is 0.120. The van der Waals surface area contributed by atoms with Crippen molar-refractivity contribution >= 4 is 51.9 Å². The van der Waals surface area contributed by atoms with Crippen molar-refractivity contribution in [1.82, 2.24) is 19.6 Å². The number of nitrogens with zero attached hydrogens (tertiary/aromatic N) is 3. The van der Waals surface area contributed by atoms with Crippen molar-refractivity contribution in [3.63, 3.8) is 0 Å². The maximum absolute atomic E-state index is 11.6. The first kappa shape index (κ1) is 26.8. The number of likely N-dealkylation sites (tertiary alicyclic amines) is 1. The van der Waals surface area contributed by atoms with Gasteiger partial charge >= 0.3 is 0 Å². The van der Waals surface area contributed by atoms with Crippen molar-refractivity contribution < 1.29 is 18.3 Å². The molecule has 37 heavy (non-hydrogen) atoms. The summed E-state index contributed by atoms with van der Waals surface area (Å²) in [6.45, 7) is 3.30. The third kappa shape index (κ3) is 6.95. The van der Waals surface area contributed by atoms with Gasteiger partial charge in [-0.2, -0.15) is 4.98 Å². The van der Waals surface area contributed by atoms with Crippen LogP contribution in [0.15, 0.2) is 48.7 Å². The zero-order valence-electron chi connectivity index (χ0n) is 20.5. The number of anilines is 4. The van der Waals surface area contributed by atoms with E-state index in [-0.39, 0.29) is 12.5 Å². The number of rotatable bonds is 9. The molecule has 1 amide bonds. The molecule has 1 aliphatic rings. The number of para-hydroxylation sites is 1. The van der Waals surface area contributed by atoms with E-state index in [1.807, 2.05) is 41.3 Å². The van der Waals surface area contributed by atoms with Gasteiger partial charge in [0.25, 0.3) is 0 Å². The highest BCUT2D eigenvalue weighted by atomic mass is 35.5. The second kappa shape index (κ2) is 12.3. The molecule has 0 saturated carbocycles. The third-order valence-electron chi connectivity index (χ3n) is 6.28. The van der Waals surface area contributed by atoms with Gasteiger partial charge in [0, 0.05) is 32.2 Å². The van der Waals surface area contributed by atoms with Crippen molar-refractivity contribution in [2.75, 3.05) is 30.8 Å². The van der Waals surface area contributed by atoms with Crippen LogP contribution in [0.4, 0.5) is 23.1 Å². The van der Waals surface area contributed by atoms with Crippen molar-refractivity contribution in [3.8, 4) is 5.75 Å². The van der Waals surface area contributed by atoms with Crippen molar-refractivity contribution in [2.45, 2.75) is 32.2 Å². The second-order valence-corrected chi connectivity index (χ2v) is 9.80. The number of nitrogens with one attached hydrogen (secondary N) is 3. The number of ether oxygens (including phenoxy) is 1. The Kier molecular flexibility index (Phi) is 8.93. The summed E-state index contributed by atoms with van der Waals surface area (Å²) in [5, 5.41) is 6.70. The van der Waals surface area contributed by atoms with E-state index in [0.717, 1.165) is 31.5 Å². The van der Waals surface area contributed by atoms with E-state index in [0.29, 0.717) is 39.8 Å². The Bertz CT molecular complexity index is 1290. The zero-order chi connectivity index (χ0) is 26.4. The van der Waals surface area contributed by atoms with E-state index in [1.165, 1.54) is 11.8 Å². The first-order chi connectivity index (χ1) is 17.8. The van der Waals surface area contributed by atoms with Crippen LogP contribution in [0.5, 0.6) is 5.75 Å². The summed E-state index contributed by atoms with van der Waals surface area (Å²) in [6.07, 6.45) is 3.32. The number of amides is 1. The molecule has 1 unspecified atom stereocenters. The third-order valence-corrected chi connectivity index (χ3v) is 6.95. The molecule has 1 saturated heterocycles. The zero-order valence-corrected chi connectivity index (χ0v) is 22.1. The average molecular weight is 545 g/mol. The lowest BCUT2D eigenvalue weighted by molar-refractivity contribution is -0.129. The van der Waals surface area contributed by atoms with Crippen LogP contribution in [0, 0.1) is 0 Å².